The number of anilines is 1. The summed E-state index contributed by atoms with van der Waals surface area (Å²) >= 11 is 0. The summed E-state index contributed by atoms with van der Waals surface area (Å²) in [6.45, 7) is 5.51. The lowest BCUT2D eigenvalue weighted by atomic mass is 10.1. The van der Waals surface area contributed by atoms with E-state index < -0.39 is 0 Å². The van der Waals surface area contributed by atoms with Gasteiger partial charge in [0.2, 0.25) is 0 Å². The SMILES string of the molecule is CCC1CCCN1c1ccc(C(=N)N)cc1C. The Labute approximate surface area is 103 Å². The predicted octanol–water partition coefficient (Wildman–Crippen LogP) is 2.66. The third-order valence-corrected chi connectivity index (χ3v) is 3.67. The van der Waals surface area contributed by atoms with Gasteiger partial charge in [0.25, 0.3) is 0 Å². The lowest BCUT2D eigenvalue weighted by Gasteiger charge is -2.27. The Kier molecular flexibility index (Phi) is 3.36. The highest BCUT2D eigenvalue weighted by Gasteiger charge is 2.24. The first kappa shape index (κ1) is 12.0. The Morgan fingerprint density at radius 3 is 2.88 bits per heavy atom. The maximum absolute atomic E-state index is 7.45. The van der Waals surface area contributed by atoms with Crippen molar-refractivity contribution in [1.29, 1.82) is 5.41 Å². The number of aryl methyl sites for hydroxylation is 1. The van der Waals surface area contributed by atoms with Crippen molar-refractivity contribution in [3.8, 4) is 0 Å². The molecule has 0 aromatic heterocycles. The number of nitrogens with one attached hydrogen (secondary N) is 1. The highest BCUT2D eigenvalue weighted by atomic mass is 15.2. The van der Waals surface area contributed by atoms with Gasteiger partial charge < -0.3 is 10.6 Å². The Bertz CT molecular complexity index is 425. The van der Waals surface area contributed by atoms with Crippen LogP contribution in [0.4, 0.5) is 5.69 Å². The van der Waals surface area contributed by atoms with E-state index in [9.17, 15) is 0 Å². The molecule has 0 spiro atoms. The van der Waals surface area contributed by atoms with Gasteiger partial charge in [-0.15, -0.1) is 0 Å². The zero-order valence-corrected chi connectivity index (χ0v) is 10.7. The van der Waals surface area contributed by atoms with Gasteiger partial charge in [-0.3, -0.25) is 5.41 Å². The van der Waals surface area contributed by atoms with E-state index in [4.69, 9.17) is 11.1 Å². The molecule has 0 amide bonds. The van der Waals surface area contributed by atoms with Crippen LogP contribution >= 0.6 is 0 Å². The molecule has 3 heteroatoms. The van der Waals surface area contributed by atoms with Crippen molar-refractivity contribution in [3.63, 3.8) is 0 Å². The quantitative estimate of drug-likeness (QED) is 0.620. The van der Waals surface area contributed by atoms with Crippen LogP contribution in [0.3, 0.4) is 0 Å². The average molecular weight is 231 g/mol. The molecule has 1 heterocycles. The fraction of sp³-hybridized carbons (Fsp3) is 0.500. The van der Waals surface area contributed by atoms with E-state index in [0.717, 1.165) is 12.1 Å². The summed E-state index contributed by atoms with van der Waals surface area (Å²) < 4.78 is 0. The first-order valence-electron chi connectivity index (χ1n) is 6.35. The second-order valence-electron chi connectivity index (χ2n) is 4.81. The topological polar surface area (TPSA) is 53.1 Å². The Hall–Kier alpha value is -1.51. The van der Waals surface area contributed by atoms with Crippen molar-refractivity contribution in [2.75, 3.05) is 11.4 Å². The standard InChI is InChI=1S/C14H21N3/c1-3-12-5-4-8-17(12)13-7-6-11(14(15)16)9-10(13)2/h6-7,9,12H,3-5,8H2,1-2H3,(H3,15,16). The summed E-state index contributed by atoms with van der Waals surface area (Å²) in [6, 6.07) is 6.76. The monoisotopic (exact) mass is 231 g/mol. The molecular formula is C14H21N3. The first-order chi connectivity index (χ1) is 8.13. The van der Waals surface area contributed by atoms with Crippen LogP contribution in [0.25, 0.3) is 0 Å². The first-order valence-corrected chi connectivity index (χ1v) is 6.35. The van der Waals surface area contributed by atoms with Gasteiger partial charge in [0, 0.05) is 23.8 Å². The summed E-state index contributed by atoms with van der Waals surface area (Å²) in [5, 5.41) is 7.45. The van der Waals surface area contributed by atoms with Crippen LogP contribution in [-0.4, -0.2) is 18.4 Å². The molecule has 17 heavy (non-hydrogen) atoms. The van der Waals surface area contributed by atoms with Crippen LogP contribution in [-0.2, 0) is 0 Å². The lowest BCUT2D eigenvalue weighted by Crippen LogP contribution is -2.29. The van der Waals surface area contributed by atoms with E-state index in [1.54, 1.807) is 0 Å². The number of nitrogen functional groups attached to an aromatic ring is 1. The molecule has 1 saturated heterocycles. The average Bonchev–Trinajstić information content (AvgIpc) is 2.76. The molecular weight excluding hydrogens is 210 g/mol. The predicted molar refractivity (Wildman–Crippen MR) is 72.9 cm³/mol. The second kappa shape index (κ2) is 4.78. The zero-order chi connectivity index (χ0) is 12.4. The number of amidine groups is 1. The number of hydrogen-bond acceptors (Lipinski definition) is 2. The molecule has 0 radical (unpaired) electrons. The molecule has 3 N–H and O–H groups in total. The molecule has 1 aliphatic heterocycles. The smallest absolute Gasteiger partial charge is 0.122 e. The molecule has 1 unspecified atom stereocenters. The van der Waals surface area contributed by atoms with Crippen molar-refractivity contribution in [2.45, 2.75) is 39.2 Å². The van der Waals surface area contributed by atoms with Crippen LogP contribution in [0.5, 0.6) is 0 Å². The van der Waals surface area contributed by atoms with Gasteiger partial charge in [-0.2, -0.15) is 0 Å². The van der Waals surface area contributed by atoms with Gasteiger partial charge in [0.1, 0.15) is 5.84 Å². The van der Waals surface area contributed by atoms with Crippen LogP contribution < -0.4 is 10.6 Å². The van der Waals surface area contributed by atoms with Crippen molar-refractivity contribution in [3.05, 3.63) is 29.3 Å². The number of hydrogen-bond donors (Lipinski definition) is 2. The molecule has 0 bridgehead atoms. The zero-order valence-electron chi connectivity index (χ0n) is 10.7. The Balaban J connectivity index is 2.30. The van der Waals surface area contributed by atoms with Gasteiger partial charge in [0.05, 0.1) is 0 Å². The van der Waals surface area contributed by atoms with Crippen molar-refractivity contribution in [2.24, 2.45) is 5.73 Å². The Morgan fingerprint density at radius 2 is 2.29 bits per heavy atom. The van der Waals surface area contributed by atoms with Gasteiger partial charge in [-0.05, 0) is 49.9 Å². The molecule has 0 aliphatic carbocycles. The third kappa shape index (κ3) is 2.28. The summed E-state index contributed by atoms with van der Waals surface area (Å²) in [5.41, 5.74) is 8.85. The van der Waals surface area contributed by atoms with Crippen molar-refractivity contribution in [1.82, 2.24) is 0 Å². The van der Waals surface area contributed by atoms with Crippen molar-refractivity contribution < 1.29 is 0 Å². The fourth-order valence-corrected chi connectivity index (χ4v) is 2.72. The van der Waals surface area contributed by atoms with Gasteiger partial charge in [0.15, 0.2) is 0 Å². The number of rotatable bonds is 3. The molecule has 1 aliphatic rings. The van der Waals surface area contributed by atoms with Crippen LogP contribution in [0, 0.1) is 12.3 Å². The third-order valence-electron chi connectivity index (χ3n) is 3.67. The summed E-state index contributed by atoms with van der Waals surface area (Å²) in [6.07, 6.45) is 3.78. The molecule has 1 aromatic carbocycles. The molecule has 1 aromatic rings. The molecule has 0 saturated carbocycles. The number of benzene rings is 1. The normalized spacial score (nSPS) is 19.6. The van der Waals surface area contributed by atoms with Crippen LogP contribution in [0.2, 0.25) is 0 Å². The van der Waals surface area contributed by atoms with Crippen LogP contribution in [0.1, 0.15) is 37.3 Å². The van der Waals surface area contributed by atoms with E-state index in [0.29, 0.717) is 6.04 Å². The van der Waals surface area contributed by atoms with Crippen molar-refractivity contribution >= 4 is 11.5 Å². The molecule has 2 rings (SSSR count). The highest BCUT2D eigenvalue weighted by molar-refractivity contribution is 5.95. The summed E-state index contributed by atoms with van der Waals surface area (Å²) in [7, 11) is 0. The minimum Gasteiger partial charge on any atom is -0.384 e. The minimum atomic E-state index is 0.146. The van der Waals surface area contributed by atoms with Gasteiger partial charge in [-0.25, -0.2) is 0 Å². The highest BCUT2D eigenvalue weighted by Crippen LogP contribution is 2.30. The molecule has 1 atom stereocenters. The largest absolute Gasteiger partial charge is 0.384 e. The second-order valence-corrected chi connectivity index (χ2v) is 4.81. The number of nitrogens with two attached hydrogens (primary N) is 1. The van der Waals surface area contributed by atoms with E-state index in [2.05, 4.69) is 24.8 Å². The molecule has 1 fully saturated rings. The number of nitrogens with zero attached hydrogens (tertiary/aromatic N) is 1. The van der Waals surface area contributed by atoms with Crippen LogP contribution in [0.15, 0.2) is 18.2 Å². The maximum atomic E-state index is 7.45. The minimum absolute atomic E-state index is 0.146. The summed E-state index contributed by atoms with van der Waals surface area (Å²) in [4.78, 5) is 2.50. The van der Waals surface area contributed by atoms with Gasteiger partial charge >= 0.3 is 0 Å². The fourth-order valence-electron chi connectivity index (χ4n) is 2.72. The van der Waals surface area contributed by atoms with E-state index in [-0.39, 0.29) is 5.84 Å². The van der Waals surface area contributed by atoms with E-state index in [1.807, 2.05) is 12.1 Å². The van der Waals surface area contributed by atoms with Gasteiger partial charge in [-0.1, -0.05) is 6.92 Å². The summed E-state index contributed by atoms with van der Waals surface area (Å²) in [5.74, 6) is 0.146. The van der Waals surface area contributed by atoms with E-state index >= 15 is 0 Å². The molecule has 3 nitrogen and oxygen atoms in total. The maximum Gasteiger partial charge on any atom is 0.122 e. The lowest BCUT2D eigenvalue weighted by molar-refractivity contribution is 0.644. The van der Waals surface area contributed by atoms with E-state index in [1.165, 1.54) is 30.5 Å². The molecule has 92 valence electrons. The Morgan fingerprint density at radius 1 is 1.53 bits per heavy atom.